The fourth-order valence-electron chi connectivity index (χ4n) is 2.84. The first-order valence-corrected chi connectivity index (χ1v) is 7.39. The van der Waals surface area contributed by atoms with Crippen molar-refractivity contribution in [3.8, 4) is 0 Å². The number of aromatic carboxylic acids is 1. The molecule has 1 aliphatic carbocycles. The second kappa shape index (κ2) is 7.20. The Labute approximate surface area is 123 Å². The maximum Gasteiger partial charge on any atom is 0.337 e. The Kier molecular flexibility index (Phi) is 5.31. The molecule has 0 spiro atoms. The number of rotatable bonds is 5. The Morgan fingerprint density at radius 1 is 1.24 bits per heavy atom. The highest BCUT2D eigenvalue weighted by molar-refractivity contribution is 6.00. The first-order valence-electron chi connectivity index (χ1n) is 7.39. The van der Waals surface area contributed by atoms with E-state index in [2.05, 4.69) is 5.32 Å². The largest absolute Gasteiger partial charge is 0.478 e. The Morgan fingerprint density at radius 3 is 2.62 bits per heavy atom. The number of hydrogen-bond donors (Lipinski definition) is 2. The molecule has 0 unspecified atom stereocenters. The van der Waals surface area contributed by atoms with Gasteiger partial charge in [0.25, 0.3) is 0 Å². The molecule has 0 aromatic heterocycles. The average Bonchev–Trinajstić information content (AvgIpc) is 2.48. The molecule has 0 radical (unpaired) electrons. The fraction of sp³-hybridized carbons (Fsp3) is 0.500. The summed E-state index contributed by atoms with van der Waals surface area (Å²) in [4.78, 5) is 23.0. The first kappa shape index (κ1) is 15.5. The summed E-state index contributed by atoms with van der Waals surface area (Å²) in [6, 6.07) is 3.74. The zero-order chi connectivity index (χ0) is 15.2. The van der Waals surface area contributed by atoms with Gasteiger partial charge in [-0.2, -0.15) is 0 Å². The third-order valence-electron chi connectivity index (χ3n) is 4.01. The summed E-state index contributed by atoms with van der Waals surface area (Å²) in [5.74, 6) is -1.74. The van der Waals surface area contributed by atoms with Gasteiger partial charge in [0.1, 0.15) is 5.82 Å². The number of carboxylic acids is 1. The highest BCUT2D eigenvalue weighted by atomic mass is 19.1. The van der Waals surface area contributed by atoms with Crippen molar-refractivity contribution >= 4 is 17.6 Å². The average molecular weight is 293 g/mol. The molecule has 5 heteroatoms. The van der Waals surface area contributed by atoms with E-state index in [0.717, 1.165) is 25.3 Å². The van der Waals surface area contributed by atoms with Gasteiger partial charge >= 0.3 is 5.97 Å². The van der Waals surface area contributed by atoms with Crippen LogP contribution in [0.3, 0.4) is 0 Å². The summed E-state index contributed by atoms with van der Waals surface area (Å²) < 4.78 is 13.7. The first-order chi connectivity index (χ1) is 10.1. The van der Waals surface area contributed by atoms with Crippen LogP contribution in [0.2, 0.25) is 0 Å². The second-order valence-electron chi connectivity index (χ2n) is 5.56. The van der Waals surface area contributed by atoms with Crippen molar-refractivity contribution in [1.82, 2.24) is 0 Å². The monoisotopic (exact) mass is 293 g/mol. The topological polar surface area (TPSA) is 66.4 Å². The Balaban J connectivity index is 1.94. The highest BCUT2D eigenvalue weighted by Gasteiger charge is 2.18. The molecule has 4 nitrogen and oxygen atoms in total. The van der Waals surface area contributed by atoms with Gasteiger partial charge in [-0.05, 0) is 24.5 Å². The number of carbonyl (C=O) groups excluding carboxylic acids is 1. The minimum atomic E-state index is -1.25. The molecule has 1 amide bonds. The molecule has 1 fully saturated rings. The van der Waals surface area contributed by atoms with Crippen LogP contribution in [-0.2, 0) is 4.79 Å². The van der Waals surface area contributed by atoms with Crippen molar-refractivity contribution in [3.63, 3.8) is 0 Å². The molecule has 2 N–H and O–H groups in total. The van der Waals surface area contributed by atoms with Crippen LogP contribution in [0.15, 0.2) is 18.2 Å². The lowest BCUT2D eigenvalue weighted by atomic mass is 9.86. The molecular formula is C16H20FNO3. The number of hydrogen-bond acceptors (Lipinski definition) is 2. The zero-order valence-corrected chi connectivity index (χ0v) is 11.9. The third kappa shape index (κ3) is 4.28. The van der Waals surface area contributed by atoms with Crippen molar-refractivity contribution in [2.45, 2.75) is 44.9 Å². The van der Waals surface area contributed by atoms with Gasteiger partial charge in [0.15, 0.2) is 0 Å². The molecule has 1 aromatic carbocycles. The predicted molar refractivity (Wildman–Crippen MR) is 77.8 cm³/mol. The van der Waals surface area contributed by atoms with Crippen molar-refractivity contribution in [2.75, 3.05) is 5.32 Å². The molecule has 21 heavy (non-hydrogen) atoms. The lowest BCUT2D eigenvalue weighted by molar-refractivity contribution is -0.116. The molecule has 114 valence electrons. The van der Waals surface area contributed by atoms with Gasteiger partial charge in [-0.1, -0.05) is 38.2 Å². The van der Waals surface area contributed by atoms with Crippen LogP contribution in [0.1, 0.15) is 55.3 Å². The Bertz CT molecular complexity index is 524. The van der Waals surface area contributed by atoms with Gasteiger partial charge in [-0.25, -0.2) is 9.18 Å². The molecule has 0 saturated heterocycles. The van der Waals surface area contributed by atoms with Gasteiger partial charge in [-0.15, -0.1) is 0 Å². The fourth-order valence-corrected chi connectivity index (χ4v) is 2.84. The number of amides is 1. The summed E-state index contributed by atoms with van der Waals surface area (Å²) in [7, 11) is 0. The lowest BCUT2D eigenvalue weighted by Crippen LogP contribution is -2.17. The van der Waals surface area contributed by atoms with Crippen molar-refractivity contribution in [1.29, 1.82) is 0 Å². The SMILES string of the molecule is O=C(CCC1CCCCC1)Nc1c(F)cccc1C(=O)O. The summed E-state index contributed by atoms with van der Waals surface area (Å²) >= 11 is 0. The van der Waals surface area contributed by atoms with Crippen LogP contribution in [0.25, 0.3) is 0 Å². The van der Waals surface area contributed by atoms with Crippen LogP contribution in [0, 0.1) is 11.7 Å². The van der Waals surface area contributed by atoms with Gasteiger partial charge in [0.05, 0.1) is 11.3 Å². The lowest BCUT2D eigenvalue weighted by Gasteiger charge is -2.21. The molecule has 0 atom stereocenters. The molecule has 0 heterocycles. The maximum atomic E-state index is 13.7. The summed E-state index contributed by atoms with van der Waals surface area (Å²) in [6.45, 7) is 0. The summed E-state index contributed by atoms with van der Waals surface area (Å²) in [5, 5.41) is 11.4. The summed E-state index contributed by atoms with van der Waals surface area (Å²) in [5.41, 5.74) is -0.459. The Hall–Kier alpha value is -1.91. The van der Waals surface area contributed by atoms with Gasteiger partial charge in [0.2, 0.25) is 5.91 Å². The predicted octanol–water partition coefficient (Wildman–Crippen LogP) is 3.82. The van der Waals surface area contributed by atoms with E-state index in [1.54, 1.807) is 0 Å². The number of anilines is 1. The number of nitrogens with one attached hydrogen (secondary N) is 1. The number of halogens is 1. The number of para-hydroxylation sites is 1. The van der Waals surface area contributed by atoms with Gasteiger partial charge in [-0.3, -0.25) is 4.79 Å². The van der Waals surface area contributed by atoms with E-state index in [9.17, 15) is 14.0 Å². The molecule has 1 aromatic rings. The van der Waals surface area contributed by atoms with Crippen LogP contribution in [0.5, 0.6) is 0 Å². The molecule has 1 saturated carbocycles. The molecule has 0 bridgehead atoms. The van der Waals surface area contributed by atoms with Crippen LogP contribution < -0.4 is 5.32 Å². The van der Waals surface area contributed by atoms with Gasteiger partial charge in [0, 0.05) is 6.42 Å². The van der Waals surface area contributed by atoms with E-state index >= 15 is 0 Å². The quantitative estimate of drug-likeness (QED) is 0.867. The Morgan fingerprint density at radius 2 is 1.95 bits per heavy atom. The van der Waals surface area contributed by atoms with Crippen LogP contribution in [0.4, 0.5) is 10.1 Å². The molecule has 0 aliphatic heterocycles. The van der Waals surface area contributed by atoms with Crippen molar-refractivity contribution < 1.29 is 19.1 Å². The highest BCUT2D eigenvalue weighted by Crippen LogP contribution is 2.27. The number of carbonyl (C=O) groups is 2. The smallest absolute Gasteiger partial charge is 0.337 e. The van der Waals surface area contributed by atoms with Gasteiger partial charge < -0.3 is 10.4 Å². The minimum Gasteiger partial charge on any atom is -0.478 e. The minimum absolute atomic E-state index is 0.221. The standard InChI is InChI=1S/C16H20FNO3/c17-13-8-4-7-12(16(20)21)15(13)18-14(19)10-9-11-5-2-1-3-6-11/h4,7-8,11H,1-3,5-6,9-10H2,(H,18,19)(H,20,21). The number of carboxylic acid groups (broad SMARTS) is 1. The van der Waals surface area contributed by atoms with E-state index in [-0.39, 0.29) is 17.2 Å². The molecule has 2 rings (SSSR count). The maximum absolute atomic E-state index is 13.7. The van der Waals surface area contributed by atoms with Crippen molar-refractivity contribution in [2.24, 2.45) is 5.92 Å². The summed E-state index contributed by atoms with van der Waals surface area (Å²) in [6.07, 6.45) is 7.06. The zero-order valence-electron chi connectivity index (χ0n) is 11.9. The van der Waals surface area contributed by atoms with Crippen LogP contribution >= 0.6 is 0 Å². The molecule has 1 aliphatic rings. The number of benzene rings is 1. The van der Waals surface area contributed by atoms with E-state index in [0.29, 0.717) is 12.3 Å². The third-order valence-corrected chi connectivity index (χ3v) is 4.01. The second-order valence-corrected chi connectivity index (χ2v) is 5.56. The van der Waals surface area contributed by atoms with E-state index in [1.165, 1.54) is 31.4 Å². The molecular weight excluding hydrogens is 273 g/mol. The normalized spacial score (nSPS) is 15.7. The van der Waals surface area contributed by atoms with E-state index in [1.807, 2.05) is 0 Å². The van der Waals surface area contributed by atoms with Crippen molar-refractivity contribution in [3.05, 3.63) is 29.6 Å². The van der Waals surface area contributed by atoms with Crippen LogP contribution in [-0.4, -0.2) is 17.0 Å². The van der Waals surface area contributed by atoms with E-state index in [4.69, 9.17) is 5.11 Å². The van der Waals surface area contributed by atoms with E-state index < -0.39 is 11.8 Å².